The number of sulfonamides is 2. The highest BCUT2D eigenvalue weighted by Gasteiger charge is 2.71. The van der Waals surface area contributed by atoms with E-state index in [1.54, 1.807) is 13.8 Å². The Labute approximate surface area is 226 Å². The number of hydrogen-bond acceptors (Lipinski definition) is 10. The van der Waals surface area contributed by atoms with Gasteiger partial charge >= 0.3 is 12.4 Å². The number of nitrogens with zero attached hydrogens (tertiary/aromatic N) is 4. The summed E-state index contributed by atoms with van der Waals surface area (Å²) in [4.78, 5) is 10.1. The molecule has 40 heavy (non-hydrogen) atoms. The molecule has 2 heterocycles. The van der Waals surface area contributed by atoms with E-state index in [-0.39, 0.29) is 30.7 Å². The lowest BCUT2D eigenvalue weighted by Crippen LogP contribution is -2.54. The molecule has 20 heteroatoms. The zero-order chi connectivity index (χ0) is 30.7. The van der Waals surface area contributed by atoms with Crippen LogP contribution in [-0.2, 0) is 25.6 Å². The van der Waals surface area contributed by atoms with Crippen molar-refractivity contribution in [3.05, 3.63) is 36.3 Å². The quantitative estimate of drug-likeness (QED) is 0.253. The second-order valence-corrected chi connectivity index (χ2v) is 12.8. The average molecular weight is 624 g/mol. The van der Waals surface area contributed by atoms with Gasteiger partial charge in [-0.25, -0.2) is 36.5 Å². The molecule has 0 aromatic carbocycles. The molecule has 1 atom stereocenters. The number of aromatic nitrogens is 3. The maximum atomic E-state index is 13.2. The Bertz CT molecular complexity index is 1360. The molecule has 2 rings (SSSR count). The number of anilines is 2. The lowest BCUT2D eigenvalue weighted by molar-refractivity contribution is -0.376. The molecule has 0 aliphatic rings. The Morgan fingerprint density at radius 1 is 1.00 bits per heavy atom. The number of nitrogens with one attached hydrogen (secondary N) is 2. The fourth-order valence-electron chi connectivity index (χ4n) is 3.34. The third-order valence-electron chi connectivity index (χ3n) is 5.29. The first kappa shape index (κ1) is 33.4. The molecule has 226 valence electrons. The van der Waals surface area contributed by atoms with Gasteiger partial charge in [0.25, 0.3) is 5.60 Å². The Morgan fingerprint density at radius 2 is 1.55 bits per heavy atom. The van der Waals surface area contributed by atoms with Crippen LogP contribution in [0.3, 0.4) is 0 Å². The SMILES string of the molecule is CC(C)CN(C[C@@H](CNS(=O)(=O)c1cccnc1N)Nc1ncc(C(O)(C(F)(F)F)C(F)(F)F)cn1)S(C)(=O)=O. The number of nitrogen functional groups attached to an aromatic ring is 1. The van der Waals surface area contributed by atoms with Crippen LogP contribution in [0.25, 0.3) is 0 Å². The van der Waals surface area contributed by atoms with Crippen LogP contribution in [0, 0.1) is 5.92 Å². The van der Waals surface area contributed by atoms with E-state index in [2.05, 4.69) is 25.0 Å². The smallest absolute Gasteiger partial charge is 0.383 e. The van der Waals surface area contributed by atoms with E-state index >= 15 is 0 Å². The third-order valence-corrected chi connectivity index (χ3v) is 8.00. The van der Waals surface area contributed by atoms with Gasteiger partial charge in [-0.05, 0) is 18.1 Å². The molecular weight excluding hydrogens is 596 g/mol. The fraction of sp³-hybridized carbons (Fsp3) is 0.550. The number of halogens is 6. The summed E-state index contributed by atoms with van der Waals surface area (Å²) in [5.41, 5.74) is -1.38. The summed E-state index contributed by atoms with van der Waals surface area (Å²) in [6.45, 7) is 2.43. The normalized spacial score (nSPS) is 14.5. The lowest BCUT2D eigenvalue weighted by Gasteiger charge is -2.32. The zero-order valence-electron chi connectivity index (χ0n) is 21.2. The predicted octanol–water partition coefficient (Wildman–Crippen LogP) is 1.44. The summed E-state index contributed by atoms with van der Waals surface area (Å²) in [7, 11) is -8.16. The highest BCUT2D eigenvalue weighted by atomic mass is 32.2. The van der Waals surface area contributed by atoms with Crippen LogP contribution < -0.4 is 15.8 Å². The van der Waals surface area contributed by atoms with Crippen LogP contribution in [0.2, 0.25) is 0 Å². The van der Waals surface area contributed by atoms with E-state index < -0.39 is 73.5 Å². The first-order valence-corrected chi connectivity index (χ1v) is 14.5. The molecule has 5 N–H and O–H groups in total. The van der Waals surface area contributed by atoms with Crippen LogP contribution in [0.5, 0.6) is 0 Å². The molecule has 0 spiro atoms. The number of alkyl halides is 6. The Kier molecular flexibility index (Phi) is 9.99. The summed E-state index contributed by atoms with van der Waals surface area (Å²) in [5.74, 6) is -1.10. The van der Waals surface area contributed by atoms with Crippen molar-refractivity contribution in [1.29, 1.82) is 0 Å². The second kappa shape index (κ2) is 12.0. The van der Waals surface area contributed by atoms with E-state index in [0.717, 1.165) is 16.6 Å². The lowest BCUT2D eigenvalue weighted by atomic mass is 9.95. The van der Waals surface area contributed by atoms with Crippen molar-refractivity contribution < 1.29 is 48.3 Å². The predicted molar refractivity (Wildman–Crippen MR) is 131 cm³/mol. The molecule has 2 aromatic rings. The molecule has 0 aliphatic carbocycles. The Hall–Kier alpha value is -2.81. The largest absolute Gasteiger partial charge is 0.430 e. The molecule has 0 radical (unpaired) electrons. The van der Waals surface area contributed by atoms with Crippen molar-refractivity contribution in [2.24, 2.45) is 5.92 Å². The van der Waals surface area contributed by atoms with Crippen LogP contribution in [-0.4, -0.2) is 85.5 Å². The van der Waals surface area contributed by atoms with Gasteiger partial charge in [0.05, 0.1) is 12.3 Å². The summed E-state index contributed by atoms with van der Waals surface area (Å²) < 4.78 is 132. The number of pyridine rings is 1. The van der Waals surface area contributed by atoms with Crippen LogP contribution >= 0.6 is 0 Å². The van der Waals surface area contributed by atoms with Gasteiger partial charge in [-0.2, -0.15) is 30.6 Å². The minimum atomic E-state index is -6.16. The standard InChI is InChI=1S/C20H27F6N7O5S2/c1-12(2)10-33(39(3,35)36)11-14(9-31-40(37,38)15-5-4-6-28-16(15)27)32-17-29-7-13(8-30-17)18(34,19(21,22)23)20(24,25)26/h4-8,12,14,31,34H,9-11H2,1-3H3,(H2,27,28)(H,29,30,32)/t14-/m1/s1. The maximum absolute atomic E-state index is 13.2. The van der Waals surface area contributed by atoms with Gasteiger partial charge in [-0.1, -0.05) is 13.8 Å². The summed E-state index contributed by atoms with van der Waals surface area (Å²) >= 11 is 0. The summed E-state index contributed by atoms with van der Waals surface area (Å²) in [5, 5.41) is 12.0. The molecule has 0 saturated heterocycles. The minimum absolute atomic E-state index is 0.0106. The molecule has 0 unspecified atom stereocenters. The average Bonchev–Trinajstić information content (AvgIpc) is 2.80. The molecule has 2 aromatic heterocycles. The molecule has 0 amide bonds. The molecule has 0 saturated carbocycles. The molecular formula is C20H27F6N7O5S2. The van der Waals surface area contributed by atoms with E-state index in [4.69, 9.17) is 5.73 Å². The van der Waals surface area contributed by atoms with Crippen LogP contribution in [0.15, 0.2) is 35.6 Å². The van der Waals surface area contributed by atoms with E-state index in [1.807, 2.05) is 0 Å². The maximum Gasteiger partial charge on any atom is 0.430 e. The first-order valence-electron chi connectivity index (χ1n) is 11.2. The fourth-order valence-corrected chi connectivity index (χ4v) is 5.52. The molecule has 12 nitrogen and oxygen atoms in total. The number of rotatable bonds is 12. The van der Waals surface area contributed by atoms with Crippen LogP contribution in [0.4, 0.5) is 38.1 Å². The Morgan fingerprint density at radius 3 is 2.00 bits per heavy atom. The van der Waals surface area contributed by atoms with Crippen molar-refractivity contribution in [3.63, 3.8) is 0 Å². The highest BCUT2D eigenvalue weighted by molar-refractivity contribution is 7.89. The van der Waals surface area contributed by atoms with Gasteiger partial charge in [-0.3, -0.25) is 0 Å². The summed E-state index contributed by atoms with van der Waals surface area (Å²) in [6.07, 6.45) is -10.00. The molecule has 0 fully saturated rings. The highest BCUT2D eigenvalue weighted by Crippen LogP contribution is 2.49. The van der Waals surface area contributed by atoms with Crippen molar-refractivity contribution in [3.8, 4) is 0 Å². The zero-order valence-corrected chi connectivity index (χ0v) is 22.8. The Balaban J connectivity index is 2.42. The van der Waals surface area contributed by atoms with Gasteiger partial charge in [0, 0.05) is 43.8 Å². The van der Waals surface area contributed by atoms with Crippen LogP contribution in [0.1, 0.15) is 19.4 Å². The van der Waals surface area contributed by atoms with E-state index in [1.165, 1.54) is 12.3 Å². The third kappa shape index (κ3) is 7.89. The first-order chi connectivity index (χ1) is 18.1. The van der Waals surface area contributed by atoms with Crippen molar-refractivity contribution in [2.75, 3.05) is 36.9 Å². The monoisotopic (exact) mass is 623 g/mol. The van der Waals surface area contributed by atoms with Gasteiger partial charge in [-0.15, -0.1) is 0 Å². The van der Waals surface area contributed by atoms with Gasteiger partial charge < -0.3 is 16.2 Å². The van der Waals surface area contributed by atoms with Gasteiger partial charge in [0.2, 0.25) is 26.0 Å². The number of nitrogens with two attached hydrogens (primary N) is 1. The summed E-state index contributed by atoms with van der Waals surface area (Å²) in [6, 6.07) is 1.25. The van der Waals surface area contributed by atoms with Crippen molar-refractivity contribution in [1.82, 2.24) is 24.0 Å². The van der Waals surface area contributed by atoms with E-state index in [9.17, 15) is 48.3 Å². The number of hydrogen-bond donors (Lipinski definition) is 4. The molecule has 0 bridgehead atoms. The molecule has 0 aliphatic heterocycles. The van der Waals surface area contributed by atoms with E-state index in [0.29, 0.717) is 0 Å². The second-order valence-electron chi connectivity index (χ2n) is 9.06. The van der Waals surface area contributed by atoms with Gasteiger partial charge in [0.1, 0.15) is 10.7 Å². The van der Waals surface area contributed by atoms with Gasteiger partial charge in [0.15, 0.2) is 0 Å². The minimum Gasteiger partial charge on any atom is -0.383 e. The number of aliphatic hydroxyl groups is 1. The van der Waals surface area contributed by atoms with Crippen molar-refractivity contribution >= 4 is 31.8 Å². The topological polar surface area (TPSA) is 180 Å². The van der Waals surface area contributed by atoms with Crippen molar-refractivity contribution in [2.45, 2.75) is 42.7 Å².